The van der Waals surface area contributed by atoms with E-state index in [4.69, 9.17) is 9.47 Å². The van der Waals surface area contributed by atoms with Crippen molar-refractivity contribution in [2.75, 3.05) is 33.4 Å². The van der Waals surface area contributed by atoms with E-state index < -0.39 is 17.7 Å². The number of ether oxygens (including phenoxy) is 2. The Morgan fingerprint density at radius 3 is 2.69 bits per heavy atom. The molecule has 1 aliphatic carbocycles. The zero-order chi connectivity index (χ0) is 18.7. The largest absolute Gasteiger partial charge is 0.481 e. The van der Waals surface area contributed by atoms with Crippen LogP contribution in [-0.2, 0) is 20.9 Å². The van der Waals surface area contributed by atoms with Gasteiger partial charge in [-0.05, 0) is 42.9 Å². The van der Waals surface area contributed by atoms with E-state index in [1.807, 2.05) is 0 Å². The lowest BCUT2D eigenvalue weighted by atomic mass is 9.92. The molecule has 3 rings (SSSR count). The standard InChI is InChI=1S/C19H24FNO5/c1-25-6-7-26-11-14-8-13(4-5-17(14)20)18(22)21-9-15(12-2-3-12)16(10-21)19(23)24/h4-5,8,12,15-16H,2-3,6-7,9-11H2,1H3,(H,23,24)/t15-,16+/m1/s1. The van der Waals surface area contributed by atoms with E-state index >= 15 is 0 Å². The van der Waals surface area contributed by atoms with Crippen LogP contribution in [0.1, 0.15) is 28.8 Å². The number of likely N-dealkylation sites (tertiary alicyclic amines) is 1. The number of rotatable bonds is 8. The molecule has 0 aromatic heterocycles. The molecule has 2 atom stereocenters. The molecule has 2 aliphatic rings. The fourth-order valence-electron chi connectivity index (χ4n) is 3.58. The first kappa shape index (κ1) is 18.8. The number of aliphatic carboxylic acids is 1. The fraction of sp³-hybridized carbons (Fsp3) is 0.579. The number of carbonyl (C=O) groups is 2. The van der Waals surface area contributed by atoms with Crippen LogP contribution in [0.3, 0.4) is 0 Å². The second-order valence-electron chi connectivity index (χ2n) is 7.01. The Hall–Kier alpha value is -1.99. The van der Waals surface area contributed by atoms with E-state index in [2.05, 4.69) is 0 Å². The van der Waals surface area contributed by atoms with E-state index in [9.17, 15) is 19.1 Å². The molecule has 1 N–H and O–H groups in total. The van der Waals surface area contributed by atoms with Crippen LogP contribution in [0.15, 0.2) is 18.2 Å². The normalized spacial score (nSPS) is 22.6. The molecule has 142 valence electrons. The molecule has 1 saturated heterocycles. The maximum atomic E-state index is 13.9. The molecule has 1 amide bonds. The summed E-state index contributed by atoms with van der Waals surface area (Å²) in [4.78, 5) is 25.9. The Morgan fingerprint density at radius 2 is 2.04 bits per heavy atom. The molecule has 0 radical (unpaired) electrons. The number of methoxy groups -OCH3 is 1. The Balaban J connectivity index is 1.68. The number of halogens is 1. The minimum Gasteiger partial charge on any atom is -0.481 e. The van der Waals surface area contributed by atoms with Gasteiger partial charge in [-0.15, -0.1) is 0 Å². The van der Waals surface area contributed by atoms with Crippen molar-refractivity contribution in [2.24, 2.45) is 17.8 Å². The first-order valence-corrected chi connectivity index (χ1v) is 8.88. The van der Waals surface area contributed by atoms with Gasteiger partial charge in [0.1, 0.15) is 5.82 Å². The van der Waals surface area contributed by atoms with Crippen LogP contribution in [0.2, 0.25) is 0 Å². The van der Waals surface area contributed by atoms with Crippen molar-refractivity contribution in [3.8, 4) is 0 Å². The van der Waals surface area contributed by atoms with Gasteiger partial charge < -0.3 is 19.5 Å². The minimum atomic E-state index is -0.844. The number of hydrogen-bond acceptors (Lipinski definition) is 4. The first-order valence-electron chi connectivity index (χ1n) is 8.88. The van der Waals surface area contributed by atoms with Crippen LogP contribution in [-0.4, -0.2) is 55.3 Å². The number of carboxylic acids is 1. The second kappa shape index (κ2) is 8.14. The molecule has 1 heterocycles. The highest BCUT2D eigenvalue weighted by atomic mass is 19.1. The molecule has 6 nitrogen and oxygen atoms in total. The molecule has 26 heavy (non-hydrogen) atoms. The lowest BCUT2D eigenvalue weighted by Gasteiger charge is -2.17. The van der Waals surface area contributed by atoms with Crippen molar-refractivity contribution in [3.05, 3.63) is 35.1 Å². The summed E-state index contributed by atoms with van der Waals surface area (Å²) in [6.45, 7) is 1.47. The average molecular weight is 365 g/mol. The smallest absolute Gasteiger partial charge is 0.308 e. The summed E-state index contributed by atoms with van der Waals surface area (Å²) in [7, 11) is 1.55. The molecular weight excluding hydrogens is 341 g/mol. The summed E-state index contributed by atoms with van der Waals surface area (Å²) < 4.78 is 24.2. The molecule has 1 saturated carbocycles. The summed E-state index contributed by atoms with van der Waals surface area (Å²) in [5.74, 6) is -1.61. The predicted octanol–water partition coefficient (Wildman–Crippen LogP) is 2.17. The van der Waals surface area contributed by atoms with Gasteiger partial charge in [0.2, 0.25) is 0 Å². The number of carbonyl (C=O) groups excluding carboxylic acids is 1. The van der Waals surface area contributed by atoms with Crippen LogP contribution in [0.25, 0.3) is 0 Å². The lowest BCUT2D eigenvalue weighted by molar-refractivity contribution is -0.142. The summed E-state index contributed by atoms with van der Waals surface area (Å²) in [5, 5.41) is 9.44. The van der Waals surface area contributed by atoms with Gasteiger partial charge >= 0.3 is 5.97 Å². The molecule has 1 aromatic rings. The SMILES string of the molecule is COCCOCc1cc(C(=O)N2C[C@H](C(=O)O)[C@@H](C3CC3)C2)ccc1F. The Bertz CT molecular complexity index is 676. The number of hydrogen-bond donors (Lipinski definition) is 1. The van der Waals surface area contributed by atoms with Gasteiger partial charge in [-0.3, -0.25) is 9.59 Å². The zero-order valence-corrected chi connectivity index (χ0v) is 14.8. The first-order chi connectivity index (χ1) is 12.5. The van der Waals surface area contributed by atoms with E-state index in [0.29, 0.717) is 36.8 Å². The lowest BCUT2D eigenvalue weighted by Crippen LogP contribution is -2.30. The van der Waals surface area contributed by atoms with Gasteiger partial charge in [-0.2, -0.15) is 0 Å². The molecule has 1 aromatic carbocycles. The van der Waals surface area contributed by atoms with Crippen molar-refractivity contribution in [2.45, 2.75) is 19.4 Å². The minimum absolute atomic E-state index is 0.0220. The quantitative estimate of drug-likeness (QED) is 0.715. The van der Waals surface area contributed by atoms with E-state index in [0.717, 1.165) is 12.8 Å². The second-order valence-corrected chi connectivity index (χ2v) is 7.01. The van der Waals surface area contributed by atoms with Crippen molar-refractivity contribution in [3.63, 3.8) is 0 Å². The molecular formula is C19H24FNO5. The third kappa shape index (κ3) is 4.22. The Labute approximate surface area is 151 Å². The number of nitrogens with zero attached hydrogens (tertiary/aromatic N) is 1. The van der Waals surface area contributed by atoms with E-state index in [1.165, 1.54) is 18.2 Å². The van der Waals surface area contributed by atoms with E-state index in [1.54, 1.807) is 12.0 Å². The molecule has 0 bridgehead atoms. The molecule has 2 fully saturated rings. The highest BCUT2D eigenvalue weighted by molar-refractivity contribution is 5.95. The van der Waals surface area contributed by atoms with Crippen molar-refractivity contribution in [1.29, 1.82) is 0 Å². The maximum absolute atomic E-state index is 13.9. The van der Waals surface area contributed by atoms with Gasteiger partial charge in [0.05, 0.1) is 25.7 Å². The van der Waals surface area contributed by atoms with Gasteiger partial charge in [0, 0.05) is 31.3 Å². The summed E-state index contributed by atoms with van der Waals surface area (Å²) in [5.41, 5.74) is 0.664. The summed E-state index contributed by atoms with van der Waals surface area (Å²) in [6, 6.07) is 4.19. The zero-order valence-electron chi connectivity index (χ0n) is 14.8. The van der Waals surface area contributed by atoms with Crippen molar-refractivity contribution >= 4 is 11.9 Å². The average Bonchev–Trinajstić information content (AvgIpc) is 3.37. The Kier molecular flexibility index (Phi) is 5.88. The topological polar surface area (TPSA) is 76.1 Å². The van der Waals surface area contributed by atoms with Crippen molar-refractivity contribution in [1.82, 2.24) is 4.90 Å². The summed E-state index contributed by atoms with van der Waals surface area (Å²) in [6.07, 6.45) is 2.08. The van der Waals surface area contributed by atoms with Crippen LogP contribution in [0.5, 0.6) is 0 Å². The number of amides is 1. The van der Waals surface area contributed by atoms with Crippen molar-refractivity contribution < 1.29 is 28.6 Å². The monoisotopic (exact) mass is 365 g/mol. The highest BCUT2D eigenvalue weighted by Crippen LogP contribution is 2.44. The van der Waals surface area contributed by atoms with Crippen LogP contribution in [0.4, 0.5) is 4.39 Å². The van der Waals surface area contributed by atoms with Gasteiger partial charge in [-0.1, -0.05) is 0 Å². The van der Waals surface area contributed by atoms with Gasteiger partial charge in [-0.25, -0.2) is 4.39 Å². The van der Waals surface area contributed by atoms with Crippen LogP contribution in [0, 0.1) is 23.6 Å². The third-order valence-electron chi connectivity index (χ3n) is 5.18. The number of benzene rings is 1. The molecule has 0 spiro atoms. The Morgan fingerprint density at radius 1 is 1.27 bits per heavy atom. The molecule has 0 unspecified atom stereocenters. The number of carboxylic acid groups (broad SMARTS) is 1. The predicted molar refractivity (Wildman–Crippen MR) is 91.2 cm³/mol. The van der Waals surface area contributed by atoms with Gasteiger partial charge in [0.25, 0.3) is 5.91 Å². The van der Waals surface area contributed by atoms with Gasteiger partial charge in [0.15, 0.2) is 0 Å². The fourth-order valence-corrected chi connectivity index (χ4v) is 3.58. The molecule has 7 heteroatoms. The summed E-state index contributed by atoms with van der Waals surface area (Å²) >= 11 is 0. The third-order valence-corrected chi connectivity index (χ3v) is 5.18. The van der Waals surface area contributed by atoms with Crippen LogP contribution >= 0.6 is 0 Å². The molecule has 1 aliphatic heterocycles. The highest BCUT2D eigenvalue weighted by Gasteiger charge is 2.46. The van der Waals surface area contributed by atoms with E-state index in [-0.39, 0.29) is 25.0 Å². The van der Waals surface area contributed by atoms with Crippen LogP contribution < -0.4 is 0 Å². The maximum Gasteiger partial charge on any atom is 0.308 e.